The number of nitrogens with two attached hydrogens (primary N) is 1. The summed E-state index contributed by atoms with van der Waals surface area (Å²) in [7, 11) is 0. The van der Waals surface area contributed by atoms with Gasteiger partial charge in [0.05, 0.1) is 0 Å². The first kappa shape index (κ1) is 46.9. The molecule has 7 heteroatoms. The van der Waals surface area contributed by atoms with Gasteiger partial charge in [-0.2, -0.15) is 0 Å². The van der Waals surface area contributed by atoms with Gasteiger partial charge in [-0.1, -0.05) is 117 Å². The van der Waals surface area contributed by atoms with Gasteiger partial charge < -0.3 is 21.2 Å². The summed E-state index contributed by atoms with van der Waals surface area (Å²) in [5.41, 5.74) is 7.94. The van der Waals surface area contributed by atoms with Crippen LogP contribution in [0.2, 0.25) is 0 Å². The molecule has 0 radical (unpaired) electrons. The molecule has 6 N–H and O–H groups in total. The molecule has 5 nitrogen and oxygen atoms in total. The second-order valence-corrected chi connectivity index (χ2v) is 8.45. The Hall–Kier alpha value is -0.340. The fourth-order valence-electron chi connectivity index (χ4n) is 3.09. The summed E-state index contributed by atoms with van der Waals surface area (Å²) in [5.74, 6) is 0. The molecule has 0 aliphatic carbocycles. The van der Waals surface area contributed by atoms with Crippen LogP contribution >= 0.6 is 0 Å². The van der Waals surface area contributed by atoms with Gasteiger partial charge >= 0.3 is 0 Å². The van der Waals surface area contributed by atoms with E-state index in [2.05, 4.69) is 13.8 Å². The predicted octanol–water partition coefficient (Wildman–Crippen LogP) is 7.66. The summed E-state index contributed by atoms with van der Waals surface area (Å²) in [5, 5.41) is 23.0. The number of hydroxylamine groups is 1. The van der Waals surface area contributed by atoms with Crippen LogP contribution in [-0.4, -0.2) is 41.2 Å². The van der Waals surface area contributed by atoms with Crippen molar-refractivity contribution in [3.8, 4) is 0 Å². The largest absolute Gasteiger partial charge is 0.397 e. The lowest BCUT2D eigenvalue weighted by atomic mass is 10.0. The topological polar surface area (TPSA) is 98.7 Å². The number of hydrogen-bond donors (Lipinski definition) is 5. The summed E-state index contributed by atoms with van der Waals surface area (Å²) < 4.78 is 0. The van der Waals surface area contributed by atoms with Crippen molar-refractivity contribution in [2.75, 3.05) is 19.8 Å². The Labute approximate surface area is 212 Å². The zero-order valence-electron chi connectivity index (χ0n) is 23.7. The molecule has 0 heterocycles. The predicted molar refractivity (Wildman–Crippen MR) is 148 cm³/mol. The van der Waals surface area contributed by atoms with Crippen LogP contribution < -0.4 is 11.2 Å². The van der Waals surface area contributed by atoms with Gasteiger partial charge in [0.25, 0.3) is 0 Å². The first-order valence-electron chi connectivity index (χ1n) is 13.9. The Morgan fingerprint density at radius 3 is 1.06 bits per heavy atom. The standard InChI is InChI=1S/C20H43N.C3H9NO.2C2H6O.2FH/c1-3-5-6-7-8-9-10-11-12-13-14-15-16-17-18-19-20(21)4-2;1-2-3-4-5;2*1-2-3;;/h20H,3-19,21H2,1-2H3;4-5H,2-3H2,1H3;2*3H,2H2,1H3;2*1H. The molecule has 0 saturated heterocycles. The van der Waals surface area contributed by atoms with Crippen molar-refractivity contribution >= 4 is 0 Å². The second-order valence-electron chi connectivity index (χ2n) is 8.45. The van der Waals surface area contributed by atoms with Gasteiger partial charge in [0.1, 0.15) is 0 Å². The van der Waals surface area contributed by atoms with E-state index in [-0.39, 0.29) is 22.6 Å². The van der Waals surface area contributed by atoms with Crippen LogP contribution in [0.3, 0.4) is 0 Å². The summed E-state index contributed by atoms with van der Waals surface area (Å²) in [6.45, 7) is 11.0. The zero-order chi connectivity index (χ0) is 25.1. The van der Waals surface area contributed by atoms with E-state index in [9.17, 15) is 0 Å². The molecule has 0 aliphatic rings. The molecule has 0 aromatic carbocycles. The van der Waals surface area contributed by atoms with E-state index >= 15 is 0 Å². The van der Waals surface area contributed by atoms with Crippen molar-refractivity contribution in [3.05, 3.63) is 0 Å². The Morgan fingerprint density at radius 1 is 0.559 bits per heavy atom. The van der Waals surface area contributed by atoms with Gasteiger partial charge in [-0.15, -0.1) is 0 Å². The van der Waals surface area contributed by atoms with E-state index in [0.717, 1.165) is 12.8 Å². The van der Waals surface area contributed by atoms with Crippen molar-refractivity contribution in [3.63, 3.8) is 0 Å². The number of aliphatic hydroxyl groups excluding tert-OH is 2. The monoisotopic (exact) mass is 505 g/mol. The van der Waals surface area contributed by atoms with Crippen LogP contribution in [0.1, 0.15) is 150 Å². The first-order valence-corrected chi connectivity index (χ1v) is 13.9. The molecule has 0 bridgehead atoms. The molecule has 34 heavy (non-hydrogen) atoms. The van der Waals surface area contributed by atoms with Crippen molar-refractivity contribution in [1.82, 2.24) is 5.48 Å². The quantitative estimate of drug-likeness (QED) is 0.0918. The molecule has 0 aromatic rings. The maximum absolute atomic E-state index is 7.82. The third kappa shape index (κ3) is 69.7. The van der Waals surface area contributed by atoms with Crippen LogP contribution in [0, 0.1) is 0 Å². The van der Waals surface area contributed by atoms with Gasteiger partial charge in [-0.05, 0) is 33.1 Å². The highest BCUT2D eigenvalue weighted by molar-refractivity contribution is 4.58. The molecule has 1 atom stereocenters. The molecule has 0 saturated carbocycles. The smallest absolute Gasteiger partial charge is 0.0402 e. The van der Waals surface area contributed by atoms with E-state index < -0.39 is 0 Å². The summed E-state index contributed by atoms with van der Waals surface area (Å²) in [6.07, 6.45) is 25.0. The summed E-state index contributed by atoms with van der Waals surface area (Å²) in [4.78, 5) is 0. The van der Waals surface area contributed by atoms with E-state index in [4.69, 9.17) is 21.2 Å². The Bertz CT molecular complexity index is 264. The lowest BCUT2D eigenvalue weighted by Crippen LogP contribution is -2.17. The first-order chi connectivity index (χ1) is 15.6. The van der Waals surface area contributed by atoms with Crippen LogP contribution in [0.25, 0.3) is 0 Å². The Kier molecular flexibility index (Phi) is 74.3. The number of rotatable bonds is 19. The molecule has 216 valence electrons. The fourth-order valence-corrected chi connectivity index (χ4v) is 3.09. The summed E-state index contributed by atoms with van der Waals surface area (Å²) in [6, 6.07) is 0.451. The van der Waals surface area contributed by atoms with E-state index in [1.54, 1.807) is 13.8 Å². The zero-order valence-corrected chi connectivity index (χ0v) is 23.7. The van der Waals surface area contributed by atoms with Crippen molar-refractivity contribution in [2.24, 2.45) is 5.73 Å². The van der Waals surface area contributed by atoms with Gasteiger partial charge in [0.15, 0.2) is 0 Å². The van der Waals surface area contributed by atoms with E-state index in [1.165, 1.54) is 103 Å². The van der Waals surface area contributed by atoms with Gasteiger partial charge in [0.2, 0.25) is 0 Å². The van der Waals surface area contributed by atoms with Gasteiger partial charge in [-0.3, -0.25) is 9.41 Å². The maximum atomic E-state index is 7.82. The minimum Gasteiger partial charge on any atom is -0.397 e. The highest BCUT2D eigenvalue weighted by atomic mass is 19.0. The molecular formula is C27H66F2N2O3. The average molecular weight is 505 g/mol. The Morgan fingerprint density at radius 2 is 0.853 bits per heavy atom. The molecule has 0 amide bonds. The normalized spacial score (nSPS) is 10.1. The molecule has 0 aromatic heterocycles. The van der Waals surface area contributed by atoms with Crippen molar-refractivity contribution in [2.45, 2.75) is 156 Å². The molecule has 0 rings (SSSR count). The number of hydrogen-bond acceptors (Lipinski definition) is 5. The van der Waals surface area contributed by atoms with Crippen LogP contribution in [-0.2, 0) is 0 Å². The lowest BCUT2D eigenvalue weighted by molar-refractivity contribution is 0.167. The van der Waals surface area contributed by atoms with Gasteiger partial charge in [0, 0.05) is 25.8 Å². The van der Waals surface area contributed by atoms with Gasteiger partial charge in [-0.25, -0.2) is 5.48 Å². The third-order valence-electron chi connectivity index (χ3n) is 5.06. The highest BCUT2D eigenvalue weighted by Crippen LogP contribution is 2.14. The molecule has 0 fully saturated rings. The third-order valence-corrected chi connectivity index (χ3v) is 5.06. The second kappa shape index (κ2) is 53.8. The van der Waals surface area contributed by atoms with Crippen molar-refractivity contribution in [1.29, 1.82) is 0 Å². The average Bonchev–Trinajstić information content (AvgIpc) is 2.78. The van der Waals surface area contributed by atoms with Crippen molar-refractivity contribution < 1.29 is 24.8 Å². The minimum absolute atomic E-state index is 0. The maximum Gasteiger partial charge on any atom is 0.0402 e. The number of aliphatic hydroxyl groups is 2. The van der Waals surface area contributed by atoms with E-state index in [0.29, 0.717) is 12.6 Å². The number of unbranched alkanes of at least 4 members (excludes halogenated alkanes) is 14. The fraction of sp³-hybridized carbons (Fsp3) is 1.00. The number of halogens is 2. The molecule has 1 unspecified atom stereocenters. The van der Waals surface area contributed by atoms with Crippen LogP contribution in [0.15, 0.2) is 0 Å². The van der Waals surface area contributed by atoms with Crippen LogP contribution in [0.5, 0.6) is 0 Å². The molecule has 0 aliphatic heterocycles. The minimum atomic E-state index is 0. The number of nitrogens with one attached hydrogen (secondary N) is 1. The molecule has 0 spiro atoms. The Balaban J connectivity index is -0.000000126. The highest BCUT2D eigenvalue weighted by Gasteiger charge is 1.98. The molecular weight excluding hydrogens is 438 g/mol. The van der Waals surface area contributed by atoms with E-state index in [1.807, 2.05) is 12.4 Å². The van der Waals surface area contributed by atoms with Crippen LogP contribution in [0.4, 0.5) is 9.41 Å². The summed E-state index contributed by atoms with van der Waals surface area (Å²) >= 11 is 0. The lowest BCUT2D eigenvalue weighted by Gasteiger charge is -2.07. The SMILES string of the molecule is CCCCCCCCCCCCCCCCCC(N)CC.CCCNO.CCO.CCO.F.F.